The highest BCUT2D eigenvalue weighted by molar-refractivity contribution is 5.86. The van der Waals surface area contributed by atoms with E-state index in [9.17, 15) is 28.1 Å². The first-order valence-corrected chi connectivity index (χ1v) is 7.62. The predicted molar refractivity (Wildman–Crippen MR) is 90.5 cm³/mol. The van der Waals surface area contributed by atoms with Gasteiger partial charge in [-0.25, -0.2) is 0 Å². The van der Waals surface area contributed by atoms with Gasteiger partial charge in [-0.05, 0) is 11.6 Å². The molecule has 0 saturated heterocycles. The van der Waals surface area contributed by atoms with Crippen molar-refractivity contribution >= 4 is 22.7 Å². The molecule has 0 spiro atoms. The summed E-state index contributed by atoms with van der Waals surface area (Å²) in [5.41, 5.74) is -3.01. The average molecular weight is 379 g/mol. The fraction of sp³-hybridized carbons (Fsp3) is 0.176. The molecule has 0 bridgehead atoms. The van der Waals surface area contributed by atoms with Gasteiger partial charge in [0.05, 0.1) is 15.9 Å². The van der Waals surface area contributed by atoms with Crippen molar-refractivity contribution in [3.8, 4) is 0 Å². The smallest absolute Gasteiger partial charge is 0.416 e. The van der Waals surface area contributed by atoms with Crippen LogP contribution in [0.15, 0.2) is 51.7 Å². The fourth-order valence-electron chi connectivity index (χ4n) is 2.53. The largest absolute Gasteiger partial charge is 0.417 e. The Kier molecular flexibility index (Phi) is 4.56. The molecule has 0 fully saturated rings. The fourth-order valence-corrected chi connectivity index (χ4v) is 2.53. The minimum absolute atomic E-state index is 0.237. The van der Waals surface area contributed by atoms with Crippen LogP contribution in [0.3, 0.4) is 0 Å². The number of alkyl halides is 3. The van der Waals surface area contributed by atoms with E-state index in [1.165, 1.54) is 4.90 Å². The van der Waals surface area contributed by atoms with E-state index in [1.807, 2.05) is 18.2 Å². The number of hydrogen-bond acceptors (Lipinski definition) is 6. The van der Waals surface area contributed by atoms with Crippen LogP contribution in [0.4, 0.5) is 24.9 Å². The lowest BCUT2D eigenvalue weighted by Crippen LogP contribution is -2.21. The molecular formula is C17H12F3N3O4. The molecule has 0 saturated carbocycles. The molecule has 10 heteroatoms. The quantitative estimate of drug-likeness (QED) is 0.507. The topological polar surface area (TPSA) is 89.5 Å². The van der Waals surface area contributed by atoms with Crippen LogP contribution in [0.5, 0.6) is 0 Å². The van der Waals surface area contributed by atoms with Gasteiger partial charge in [-0.15, -0.1) is 0 Å². The van der Waals surface area contributed by atoms with Crippen molar-refractivity contribution in [3.63, 3.8) is 0 Å². The molecule has 140 valence electrons. The maximum atomic E-state index is 13.0. The zero-order chi connectivity index (χ0) is 19.8. The number of benzene rings is 2. The standard InChI is InChI=1S/C17H12F3N3O4/c1-22(9-10-5-3-2-4-6-10)16-21-15(24)12-7-11(17(18,19)20)8-13(23(25)26)14(12)27-16/h2-8H,9H2,1H3. The summed E-state index contributed by atoms with van der Waals surface area (Å²) < 4.78 is 44.2. The number of nitro groups is 1. The van der Waals surface area contributed by atoms with Crippen molar-refractivity contribution in [2.45, 2.75) is 12.7 Å². The van der Waals surface area contributed by atoms with Crippen LogP contribution in [0, 0.1) is 10.1 Å². The van der Waals surface area contributed by atoms with E-state index in [0.29, 0.717) is 12.1 Å². The van der Waals surface area contributed by atoms with Gasteiger partial charge in [-0.1, -0.05) is 30.3 Å². The molecule has 2 aromatic carbocycles. The molecule has 0 atom stereocenters. The third-order valence-corrected chi connectivity index (χ3v) is 3.80. The molecule has 1 aromatic heterocycles. The van der Waals surface area contributed by atoms with Gasteiger partial charge in [0.1, 0.15) is 0 Å². The second-order valence-electron chi connectivity index (χ2n) is 5.77. The summed E-state index contributed by atoms with van der Waals surface area (Å²) in [4.78, 5) is 27.5. The summed E-state index contributed by atoms with van der Waals surface area (Å²) in [6.45, 7) is 0.275. The Morgan fingerprint density at radius 1 is 1.22 bits per heavy atom. The summed E-state index contributed by atoms with van der Waals surface area (Å²) in [5.74, 6) is 0. The molecular weight excluding hydrogens is 367 g/mol. The van der Waals surface area contributed by atoms with Gasteiger partial charge in [0.15, 0.2) is 0 Å². The third kappa shape index (κ3) is 3.73. The minimum Gasteiger partial charge on any atom is -0.417 e. The number of anilines is 1. The van der Waals surface area contributed by atoms with Gasteiger partial charge in [-0.2, -0.15) is 18.2 Å². The van der Waals surface area contributed by atoms with Gasteiger partial charge in [-0.3, -0.25) is 14.9 Å². The van der Waals surface area contributed by atoms with E-state index >= 15 is 0 Å². The molecule has 3 aromatic rings. The van der Waals surface area contributed by atoms with Gasteiger partial charge in [0.25, 0.3) is 5.56 Å². The minimum atomic E-state index is -4.85. The second-order valence-corrected chi connectivity index (χ2v) is 5.77. The molecule has 0 N–H and O–H groups in total. The Bertz CT molecular complexity index is 1060. The second kappa shape index (κ2) is 6.71. The number of halogens is 3. The van der Waals surface area contributed by atoms with Gasteiger partial charge in [0.2, 0.25) is 5.58 Å². The molecule has 7 nitrogen and oxygen atoms in total. The zero-order valence-corrected chi connectivity index (χ0v) is 13.9. The number of rotatable bonds is 4. The van der Waals surface area contributed by atoms with E-state index in [-0.39, 0.29) is 12.6 Å². The van der Waals surface area contributed by atoms with E-state index in [0.717, 1.165) is 5.56 Å². The maximum absolute atomic E-state index is 13.0. The third-order valence-electron chi connectivity index (χ3n) is 3.80. The first kappa shape index (κ1) is 18.4. The molecule has 0 unspecified atom stereocenters. The molecule has 0 radical (unpaired) electrons. The zero-order valence-electron chi connectivity index (χ0n) is 13.9. The van der Waals surface area contributed by atoms with Gasteiger partial charge < -0.3 is 9.32 Å². The molecule has 3 rings (SSSR count). The molecule has 0 aliphatic heterocycles. The van der Waals surface area contributed by atoms with Crippen LogP contribution in [-0.2, 0) is 12.7 Å². The number of non-ortho nitro benzene ring substituents is 1. The predicted octanol–water partition coefficient (Wildman–Crippen LogP) is 3.75. The number of fused-ring (bicyclic) bond motifs is 1. The van der Waals surface area contributed by atoms with Crippen molar-refractivity contribution in [1.82, 2.24) is 4.98 Å². The van der Waals surface area contributed by atoms with Crippen LogP contribution in [0.25, 0.3) is 11.0 Å². The Hall–Kier alpha value is -3.43. The number of nitro benzene ring substituents is 1. The summed E-state index contributed by atoms with van der Waals surface area (Å²) in [6.07, 6.45) is -4.85. The van der Waals surface area contributed by atoms with E-state index < -0.39 is 38.9 Å². The van der Waals surface area contributed by atoms with Gasteiger partial charge in [0, 0.05) is 19.7 Å². The lowest BCUT2D eigenvalue weighted by atomic mass is 10.1. The van der Waals surface area contributed by atoms with Crippen molar-refractivity contribution in [3.05, 3.63) is 74.1 Å². The van der Waals surface area contributed by atoms with Crippen LogP contribution in [0.2, 0.25) is 0 Å². The average Bonchev–Trinajstić information content (AvgIpc) is 2.60. The normalized spacial score (nSPS) is 11.6. The van der Waals surface area contributed by atoms with Crippen LogP contribution >= 0.6 is 0 Å². The Labute approximate surface area is 149 Å². The summed E-state index contributed by atoms with van der Waals surface area (Å²) in [7, 11) is 1.54. The van der Waals surface area contributed by atoms with Crippen molar-refractivity contribution < 1.29 is 22.5 Å². The molecule has 1 heterocycles. The molecule has 27 heavy (non-hydrogen) atoms. The van der Waals surface area contributed by atoms with Gasteiger partial charge >= 0.3 is 17.9 Å². The summed E-state index contributed by atoms with van der Waals surface area (Å²) in [6, 6.07) is 9.65. The van der Waals surface area contributed by atoms with Crippen molar-refractivity contribution in [1.29, 1.82) is 0 Å². The lowest BCUT2D eigenvalue weighted by molar-refractivity contribution is -0.383. The Morgan fingerprint density at radius 3 is 2.48 bits per heavy atom. The van der Waals surface area contributed by atoms with E-state index in [1.54, 1.807) is 19.2 Å². The highest BCUT2D eigenvalue weighted by Crippen LogP contribution is 2.36. The maximum Gasteiger partial charge on any atom is 0.416 e. The molecule has 0 aliphatic rings. The number of hydrogen-bond donors (Lipinski definition) is 0. The van der Waals surface area contributed by atoms with Crippen molar-refractivity contribution in [2.75, 3.05) is 11.9 Å². The monoisotopic (exact) mass is 379 g/mol. The molecule has 0 amide bonds. The highest BCUT2D eigenvalue weighted by atomic mass is 19.4. The Morgan fingerprint density at radius 2 is 1.89 bits per heavy atom. The van der Waals surface area contributed by atoms with Crippen molar-refractivity contribution in [2.24, 2.45) is 0 Å². The van der Waals surface area contributed by atoms with Crippen LogP contribution in [-0.4, -0.2) is 17.0 Å². The number of nitrogens with zero attached hydrogens (tertiary/aromatic N) is 3. The lowest BCUT2D eigenvalue weighted by Gasteiger charge is -2.16. The molecule has 0 aliphatic carbocycles. The van der Waals surface area contributed by atoms with E-state index in [2.05, 4.69) is 4.98 Å². The van der Waals surface area contributed by atoms with E-state index in [4.69, 9.17) is 4.42 Å². The Balaban J connectivity index is 2.14. The summed E-state index contributed by atoms with van der Waals surface area (Å²) >= 11 is 0. The van der Waals surface area contributed by atoms with Crippen LogP contribution in [0.1, 0.15) is 11.1 Å². The van der Waals surface area contributed by atoms with Crippen LogP contribution < -0.4 is 10.5 Å². The summed E-state index contributed by atoms with van der Waals surface area (Å²) in [5, 5.41) is 10.6. The first-order valence-electron chi connectivity index (χ1n) is 7.62. The highest BCUT2D eigenvalue weighted by Gasteiger charge is 2.34. The number of aromatic nitrogens is 1. The SMILES string of the molecule is CN(Cc1ccccc1)c1nc(=O)c2cc(C(F)(F)F)cc([N+](=O)[O-])c2o1. The first-order chi connectivity index (χ1) is 12.7.